The predicted molar refractivity (Wildman–Crippen MR) is 75.5 cm³/mol. The molecular formula is C14H18N4O2. The highest BCUT2D eigenvalue weighted by molar-refractivity contribution is 5.34. The summed E-state index contributed by atoms with van der Waals surface area (Å²) in [6, 6.07) is 3.55. The van der Waals surface area contributed by atoms with Gasteiger partial charge in [0, 0.05) is 18.9 Å². The SMILES string of the molecule is CC(C)Oc1cncc(NCC(O)c2ccncc2)n1. The van der Waals surface area contributed by atoms with Crippen LogP contribution in [0.25, 0.3) is 0 Å². The molecule has 0 spiro atoms. The Hall–Kier alpha value is -2.21. The van der Waals surface area contributed by atoms with E-state index in [1.54, 1.807) is 36.9 Å². The normalized spacial score (nSPS) is 12.2. The standard InChI is InChI=1S/C14H18N4O2/c1-10(2)20-14-9-16-8-13(18-14)17-7-12(19)11-3-5-15-6-4-11/h3-6,8-10,12,19H,7H2,1-2H3,(H,17,18). The van der Waals surface area contributed by atoms with Gasteiger partial charge >= 0.3 is 0 Å². The molecule has 6 nitrogen and oxygen atoms in total. The third-order valence-electron chi connectivity index (χ3n) is 2.54. The van der Waals surface area contributed by atoms with E-state index in [1.807, 2.05) is 13.8 Å². The van der Waals surface area contributed by atoms with Crippen LogP contribution in [-0.2, 0) is 0 Å². The summed E-state index contributed by atoms with van der Waals surface area (Å²) in [4.78, 5) is 12.2. The van der Waals surface area contributed by atoms with Crippen LogP contribution >= 0.6 is 0 Å². The van der Waals surface area contributed by atoms with E-state index in [0.717, 1.165) is 5.56 Å². The quantitative estimate of drug-likeness (QED) is 0.836. The van der Waals surface area contributed by atoms with Crippen molar-refractivity contribution in [3.8, 4) is 5.88 Å². The highest BCUT2D eigenvalue weighted by Crippen LogP contribution is 2.14. The molecule has 1 unspecified atom stereocenters. The first kappa shape index (κ1) is 14.2. The third kappa shape index (κ3) is 4.17. The highest BCUT2D eigenvalue weighted by Gasteiger charge is 2.08. The predicted octanol–water partition coefficient (Wildman–Crippen LogP) is 1.80. The Morgan fingerprint density at radius 1 is 1.20 bits per heavy atom. The van der Waals surface area contributed by atoms with Gasteiger partial charge in [-0.1, -0.05) is 0 Å². The van der Waals surface area contributed by atoms with E-state index in [0.29, 0.717) is 18.2 Å². The lowest BCUT2D eigenvalue weighted by Gasteiger charge is -2.13. The van der Waals surface area contributed by atoms with E-state index < -0.39 is 6.10 Å². The maximum absolute atomic E-state index is 10.0. The summed E-state index contributed by atoms with van der Waals surface area (Å²) in [5.74, 6) is 1.03. The van der Waals surface area contributed by atoms with Crippen LogP contribution in [0.15, 0.2) is 36.9 Å². The zero-order valence-electron chi connectivity index (χ0n) is 11.5. The van der Waals surface area contributed by atoms with E-state index in [-0.39, 0.29) is 6.10 Å². The van der Waals surface area contributed by atoms with Crippen molar-refractivity contribution in [2.75, 3.05) is 11.9 Å². The minimum atomic E-state index is -0.630. The molecule has 0 radical (unpaired) electrons. The Balaban J connectivity index is 1.94. The lowest BCUT2D eigenvalue weighted by molar-refractivity contribution is 0.191. The van der Waals surface area contributed by atoms with Gasteiger partial charge in [0.2, 0.25) is 5.88 Å². The van der Waals surface area contributed by atoms with Gasteiger partial charge in [0.05, 0.1) is 24.6 Å². The zero-order chi connectivity index (χ0) is 14.4. The Kier molecular flexibility index (Phi) is 4.84. The van der Waals surface area contributed by atoms with Gasteiger partial charge in [0.25, 0.3) is 0 Å². The van der Waals surface area contributed by atoms with Gasteiger partial charge < -0.3 is 15.2 Å². The van der Waals surface area contributed by atoms with Crippen LogP contribution in [0.2, 0.25) is 0 Å². The molecule has 0 amide bonds. The fraction of sp³-hybridized carbons (Fsp3) is 0.357. The van der Waals surface area contributed by atoms with Gasteiger partial charge in [0.15, 0.2) is 0 Å². The molecule has 2 heterocycles. The third-order valence-corrected chi connectivity index (χ3v) is 2.54. The van der Waals surface area contributed by atoms with Crippen LogP contribution in [0.4, 0.5) is 5.82 Å². The monoisotopic (exact) mass is 274 g/mol. The average Bonchev–Trinajstić information content (AvgIpc) is 2.45. The molecule has 0 fully saturated rings. The molecule has 6 heteroatoms. The summed E-state index contributed by atoms with van der Waals surface area (Å²) in [5.41, 5.74) is 0.801. The van der Waals surface area contributed by atoms with Crippen LogP contribution in [0.5, 0.6) is 5.88 Å². The van der Waals surface area contributed by atoms with E-state index in [9.17, 15) is 5.11 Å². The lowest BCUT2D eigenvalue weighted by atomic mass is 10.1. The number of ether oxygens (including phenoxy) is 1. The summed E-state index contributed by atoms with van der Waals surface area (Å²) >= 11 is 0. The van der Waals surface area contributed by atoms with Crippen LogP contribution < -0.4 is 10.1 Å². The summed E-state index contributed by atoms with van der Waals surface area (Å²) in [5, 5.41) is 13.1. The summed E-state index contributed by atoms with van der Waals surface area (Å²) in [6.45, 7) is 4.19. The van der Waals surface area contributed by atoms with E-state index >= 15 is 0 Å². The summed E-state index contributed by atoms with van der Waals surface area (Å²) < 4.78 is 5.46. The first-order valence-corrected chi connectivity index (χ1v) is 6.45. The second-order valence-electron chi connectivity index (χ2n) is 4.59. The van der Waals surface area contributed by atoms with Crippen LogP contribution in [0.1, 0.15) is 25.5 Å². The van der Waals surface area contributed by atoms with Gasteiger partial charge in [-0.2, -0.15) is 4.98 Å². The van der Waals surface area contributed by atoms with Gasteiger partial charge in [-0.3, -0.25) is 9.97 Å². The molecule has 0 aliphatic carbocycles. The second-order valence-corrected chi connectivity index (χ2v) is 4.59. The van der Waals surface area contributed by atoms with Crippen molar-refractivity contribution < 1.29 is 9.84 Å². The molecule has 0 saturated carbocycles. The number of aliphatic hydroxyl groups is 1. The number of aliphatic hydroxyl groups excluding tert-OH is 1. The molecule has 20 heavy (non-hydrogen) atoms. The molecular weight excluding hydrogens is 256 g/mol. The molecule has 0 aliphatic rings. The van der Waals surface area contributed by atoms with Crippen molar-refractivity contribution >= 4 is 5.82 Å². The first-order chi connectivity index (χ1) is 9.65. The Morgan fingerprint density at radius 3 is 2.65 bits per heavy atom. The molecule has 0 aliphatic heterocycles. The molecule has 2 aromatic rings. The molecule has 2 aromatic heterocycles. The molecule has 2 rings (SSSR count). The molecule has 0 bridgehead atoms. The van der Waals surface area contributed by atoms with Crippen molar-refractivity contribution in [3.63, 3.8) is 0 Å². The number of nitrogens with one attached hydrogen (secondary N) is 1. The van der Waals surface area contributed by atoms with Gasteiger partial charge in [-0.15, -0.1) is 0 Å². The number of pyridine rings is 1. The van der Waals surface area contributed by atoms with Crippen molar-refractivity contribution in [2.45, 2.75) is 26.1 Å². The minimum Gasteiger partial charge on any atom is -0.474 e. The topological polar surface area (TPSA) is 80.2 Å². The molecule has 2 N–H and O–H groups in total. The highest BCUT2D eigenvalue weighted by atomic mass is 16.5. The fourth-order valence-electron chi connectivity index (χ4n) is 1.64. The minimum absolute atomic E-state index is 0.0435. The number of rotatable bonds is 6. The number of hydrogen-bond donors (Lipinski definition) is 2. The molecule has 0 saturated heterocycles. The van der Waals surface area contributed by atoms with E-state index in [4.69, 9.17) is 4.74 Å². The maximum atomic E-state index is 10.0. The maximum Gasteiger partial charge on any atom is 0.234 e. The largest absolute Gasteiger partial charge is 0.474 e. The summed E-state index contributed by atoms with van der Waals surface area (Å²) in [6.07, 6.45) is 5.86. The molecule has 0 aromatic carbocycles. The first-order valence-electron chi connectivity index (χ1n) is 6.45. The zero-order valence-corrected chi connectivity index (χ0v) is 11.5. The van der Waals surface area contributed by atoms with Crippen LogP contribution in [0, 0.1) is 0 Å². The second kappa shape index (κ2) is 6.81. The summed E-state index contributed by atoms with van der Waals surface area (Å²) in [7, 11) is 0. The van der Waals surface area contributed by atoms with Gasteiger partial charge in [-0.05, 0) is 31.5 Å². The Morgan fingerprint density at radius 2 is 1.95 bits per heavy atom. The number of aromatic nitrogens is 3. The Labute approximate surface area is 117 Å². The van der Waals surface area contributed by atoms with E-state index in [1.165, 1.54) is 0 Å². The molecule has 106 valence electrons. The lowest BCUT2D eigenvalue weighted by Crippen LogP contribution is -2.14. The number of hydrogen-bond acceptors (Lipinski definition) is 6. The smallest absolute Gasteiger partial charge is 0.234 e. The van der Waals surface area contributed by atoms with Crippen LogP contribution in [0.3, 0.4) is 0 Å². The number of anilines is 1. The van der Waals surface area contributed by atoms with Crippen molar-refractivity contribution in [2.24, 2.45) is 0 Å². The Bertz CT molecular complexity index is 534. The van der Waals surface area contributed by atoms with Crippen molar-refractivity contribution in [1.29, 1.82) is 0 Å². The molecule has 1 atom stereocenters. The van der Waals surface area contributed by atoms with Crippen molar-refractivity contribution in [1.82, 2.24) is 15.0 Å². The van der Waals surface area contributed by atoms with Crippen molar-refractivity contribution in [3.05, 3.63) is 42.5 Å². The van der Waals surface area contributed by atoms with Crippen LogP contribution in [-0.4, -0.2) is 32.7 Å². The number of nitrogens with zero attached hydrogens (tertiary/aromatic N) is 3. The average molecular weight is 274 g/mol. The fourth-order valence-corrected chi connectivity index (χ4v) is 1.64. The van der Waals surface area contributed by atoms with E-state index in [2.05, 4.69) is 20.3 Å². The van der Waals surface area contributed by atoms with Gasteiger partial charge in [0.1, 0.15) is 5.82 Å². The van der Waals surface area contributed by atoms with Gasteiger partial charge in [-0.25, -0.2) is 0 Å².